The molecule has 0 bridgehead atoms. The highest BCUT2D eigenvalue weighted by Crippen LogP contribution is 2.33. The largest absolute Gasteiger partial charge is 0.489 e. The second kappa shape index (κ2) is 10.8. The molecular weight excluding hydrogens is 414 g/mol. The van der Waals surface area contributed by atoms with Crippen LogP contribution in [0.4, 0.5) is 0 Å². The minimum Gasteiger partial charge on any atom is -0.489 e. The van der Waals surface area contributed by atoms with Gasteiger partial charge in [-0.25, -0.2) is 0 Å². The average Bonchev–Trinajstić information content (AvgIpc) is 2.86. The maximum Gasteiger partial charge on any atom is 0.176 e. The first kappa shape index (κ1) is 23.2. The van der Waals surface area contributed by atoms with Crippen molar-refractivity contribution in [3.63, 3.8) is 0 Å². The lowest BCUT2D eigenvalue weighted by Crippen LogP contribution is -2.44. The van der Waals surface area contributed by atoms with Gasteiger partial charge in [0.2, 0.25) is 0 Å². The molecular formula is C28H31NO4. The molecule has 4 rings (SSSR count). The smallest absolute Gasteiger partial charge is 0.176 e. The van der Waals surface area contributed by atoms with Gasteiger partial charge in [-0.2, -0.15) is 0 Å². The molecule has 5 nitrogen and oxygen atoms in total. The molecule has 1 aliphatic rings. The molecule has 33 heavy (non-hydrogen) atoms. The summed E-state index contributed by atoms with van der Waals surface area (Å²) < 4.78 is 11.0. The van der Waals surface area contributed by atoms with E-state index in [1.807, 2.05) is 78.9 Å². The highest BCUT2D eigenvalue weighted by atomic mass is 16.5. The van der Waals surface area contributed by atoms with E-state index in [1.54, 1.807) is 7.11 Å². The molecule has 1 aliphatic heterocycles. The Balaban J connectivity index is 1.27. The Morgan fingerprint density at radius 3 is 2.15 bits per heavy atom. The number of aliphatic hydroxyl groups is 1. The number of nitrogens with zero attached hydrogens (tertiary/aromatic N) is 1. The first-order chi connectivity index (χ1) is 16.1. The SMILES string of the molecule is COCc1ccc(C2(O)CCN(CC(=O)c3ccc(OCc4ccccc4)cc3)CC2)cc1. The number of hydrogen-bond acceptors (Lipinski definition) is 5. The van der Waals surface area contributed by atoms with Gasteiger partial charge < -0.3 is 14.6 Å². The molecule has 1 N–H and O–H groups in total. The van der Waals surface area contributed by atoms with Crippen LogP contribution in [0.3, 0.4) is 0 Å². The molecule has 1 heterocycles. The minimum absolute atomic E-state index is 0.0824. The zero-order chi connectivity index (χ0) is 23.1. The number of methoxy groups -OCH3 is 1. The van der Waals surface area contributed by atoms with Crippen molar-refractivity contribution >= 4 is 5.78 Å². The number of benzene rings is 3. The standard InChI is InChI=1S/C28H31NO4/c1-32-20-23-7-11-25(12-8-23)28(31)15-17-29(18-16-28)19-27(30)24-9-13-26(14-10-24)33-21-22-5-3-2-4-6-22/h2-14,31H,15-21H2,1H3. The van der Waals surface area contributed by atoms with Crippen molar-refractivity contribution in [2.24, 2.45) is 0 Å². The first-order valence-corrected chi connectivity index (χ1v) is 11.4. The van der Waals surface area contributed by atoms with Gasteiger partial charge in [-0.05, 0) is 53.8 Å². The summed E-state index contributed by atoms with van der Waals surface area (Å²) in [4.78, 5) is 14.9. The Kier molecular flexibility index (Phi) is 7.55. The lowest BCUT2D eigenvalue weighted by Gasteiger charge is -2.38. The van der Waals surface area contributed by atoms with E-state index in [4.69, 9.17) is 9.47 Å². The van der Waals surface area contributed by atoms with E-state index in [0.29, 0.717) is 51.3 Å². The van der Waals surface area contributed by atoms with Crippen molar-refractivity contribution in [3.8, 4) is 5.75 Å². The molecule has 0 unspecified atom stereocenters. The van der Waals surface area contributed by atoms with Crippen molar-refractivity contribution < 1.29 is 19.4 Å². The van der Waals surface area contributed by atoms with E-state index in [-0.39, 0.29) is 5.78 Å². The molecule has 1 fully saturated rings. The van der Waals surface area contributed by atoms with Crippen LogP contribution >= 0.6 is 0 Å². The molecule has 3 aromatic carbocycles. The molecule has 172 valence electrons. The number of likely N-dealkylation sites (tertiary alicyclic amines) is 1. The fraction of sp³-hybridized carbons (Fsp3) is 0.321. The predicted octanol–water partition coefficient (Wildman–Crippen LogP) is 4.58. The monoisotopic (exact) mass is 445 g/mol. The van der Waals surface area contributed by atoms with Crippen LogP contribution in [-0.4, -0.2) is 42.5 Å². The maximum absolute atomic E-state index is 12.8. The molecule has 0 radical (unpaired) electrons. The van der Waals surface area contributed by atoms with E-state index in [2.05, 4.69) is 4.90 Å². The van der Waals surface area contributed by atoms with Gasteiger partial charge in [0.1, 0.15) is 12.4 Å². The van der Waals surface area contributed by atoms with Crippen LogP contribution in [-0.2, 0) is 23.6 Å². The quantitative estimate of drug-likeness (QED) is 0.489. The predicted molar refractivity (Wildman–Crippen MR) is 128 cm³/mol. The first-order valence-electron chi connectivity index (χ1n) is 11.4. The summed E-state index contributed by atoms with van der Waals surface area (Å²) >= 11 is 0. The third-order valence-electron chi connectivity index (χ3n) is 6.28. The average molecular weight is 446 g/mol. The number of piperidine rings is 1. The summed E-state index contributed by atoms with van der Waals surface area (Å²) in [5.41, 5.74) is 2.96. The van der Waals surface area contributed by atoms with Crippen LogP contribution in [0.5, 0.6) is 5.75 Å². The van der Waals surface area contributed by atoms with Gasteiger partial charge in [-0.3, -0.25) is 9.69 Å². The lowest BCUT2D eigenvalue weighted by molar-refractivity contribution is -0.0245. The van der Waals surface area contributed by atoms with Gasteiger partial charge in [-0.15, -0.1) is 0 Å². The molecule has 0 aromatic heterocycles. The Labute approximate surface area is 195 Å². The number of ether oxygens (including phenoxy) is 2. The molecule has 0 spiro atoms. The fourth-order valence-electron chi connectivity index (χ4n) is 4.22. The highest BCUT2D eigenvalue weighted by molar-refractivity contribution is 5.97. The zero-order valence-electron chi connectivity index (χ0n) is 19.1. The van der Waals surface area contributed by atoms with Crippen LogP contribution in [0.2, 0.25) is 0 Å². The van der Waals surface area contributed by atoms with E-state index in [1.165, 1.54) is 0 Å². The summed E-state index contributed by atoms with van der Waals surface area (Å²) in [6.45, 7) is 2.78. The van der Waals surface area contributed by atoms with Crippen LogP contribution in [0.1, 0.15) is 39.9 Å². The summed E-state index contributed by atoms with van der Waals surface area (Å²) in [6, 6.07) is 25.3. The number of Topliss-reactive ketones (excluding diaryl/α,β-unsaturated/α-hetero) is 1. The van der Waals surface area contributed by atoms with Crippen molar-refractivity contribution in [1.82, 2.24) is 4.90 Å². The van der Waals surface area contributed by atoms with Crippen molar-refractivity contribution in [2.75, 3.05) is 26.7 Å². The molecule has 1 saturated heterocycles. The number of carbonyl (C=O) groups excluding carboxylic acids is 1. The summed E-state index contributed by atoms with van der Waals surface area (Å²) in [6.07, 6.45) is 1.21. The molecule has 5 heteroatoms. The number of hydrogen-bond donors (Lipinski definition) is 1. The van der Waals surface area contributed by atoms with Gasteiger partial charge in [-0.1, -0.05) is 54.6 Å². The van der Waals surface area contributed by atoms with Crippen LogP contribution in [0.15, 0.2) is 78.9 Å². The van der Waals surface area contributed by atoms with Gasteiger partial charge in [0.25, 0.3) is 0 Å². The molecule has 3 aromatic rings. The molecule has 0 saturated carbocycles. The topological polar surface area (TPSA) is 59.0 Å². The van der Waals surface area contributed by atoms with E-state index >= 15 is 0 Å². The summed E-state index contributed by atoms with van der Waals surface area (Å²) in [5.74, 6) is 0.828. The lowest BCUT2D eigenvalue weighted by atomic mass is 9.84. The third-order valence-corrected chi connectivity index (χ3v) is 6.28. The number of rotatable bonds is 9. The fourth-order valence-corrected chi connectivity index (χ4v) is 4.22. The Hall–Kier alpha value is -2.99. The van der Waals surface area contributed by atoms with Crippen LogP contribution in [0.25, 0.3) is 0 Å². The van der Waals surface area contributed by atoms with E-state index in [0.717, 1.165) is 22.4 Å². The summed E-state index contributed by atoms with van der Waals surface area (Å²) in [7, 11) is 1.67. The Bertz CT molecular complexity index is 1020. The van der Waals surface area contributed by atoms with E-state index in [9.17, 15) is 9.90 Å². The molecule has 0 atom stereocenters. The third kappa shape index (κ3) is 6.08. The van der Waals surface area contributed by atoms with Crippen molar-refractivity contribution in [2.45, 2.75) is 31.7 Å². The van der Waals surface area contributed by atoms with Gasteiger partial charge in [0, 0.05) is 25.8 Å². The van der Waals surface area contributed by atoms with E-state index < -0.39 is 5.60 Å². The Morgan fingerprint density at radius 1 is 0.879 bits per heavy atom. The number of ketones is 1. The van der Waals surface area contributed by atoms with Gasteiger partial charge in [0.05, 0.1) is 18.8 Å². The minimum atomic E-state index is -0.844. The van der Waals surface area contributed by atoms with Gasteiger partial charge in [0.15, 0.2) is 5.78 Å². The maximum atomic E-state index is 12.8. The van der Waals surface area contributed by atoms with Crippen molar-refractivity contribution in [3.05, 3.63) is 101 Å². The van der Waals surface area contributed by atoms with Crippen LogP contribution < -0.4 is 4.74 Å². The Morgan fingerprint density at radius 2 is 1.52 bits per heavy atom. The van der Waals surface area contributed by atoms with Crippen LogP contribution in [0, 0.1) is 0 Å². The molecule has 0 aliphatic carbocycles. The second-order valence-electron chi connectivity index (χ2n) is 8.66. The highest BCUT2D eigenvalue weighted by Gasteiger charge is 2.34. The molecule has 0 amide bonds. The number of carbonyl (C=O) groups is 1. The zero-order valence-corrected chi connectivity index (χ0v) is 19.1. The summed E-state index contributed by atoms with van der Waals surface area (Å²) in [5, 5.41) is 11.1. The van der Waals surface area contributed by atoms with Gasteiger partial charge >= 0.3 is 0 Å². The van der Waals surface area contributed by atoms with Crippen molar-refractivity contribution in [1.29, 1.82) is 0 Å². The normalized spacial score (nSPS) is 15.8. The second-order valence-corrected chi connectivity index (χ2v) is 8.66.